The predicted octanol–water partition coefficient (Wildman–Crippen LogP) is -0.577. The van der Waals surface area contributed by atoms with Gasteiger partial charge in [-0.15, -0.1) is 0 Å². The molecule has 0 spiro atoms. The number of hydrogen-bond acceptors (Lipinski definition) is 11. The third-order valence-corrected chi connectivity index (χ3v) is 4.92. The number of carbonyl (C=O) groups excluding carboxylic acids is 4. The van der Waals surface area contributed by atoms with Crippen LogP contribution in [0.2, 0.25) is 0 Å². The molecule has 1 saturated heterocycles. The van der Waals surface area contributed by atoms with Crippen LogP contribution >= 0.6 is 0 Å². The van der Waals surface area contributed by atoms with Crippen molar-refractivity contribution in [2.24, 2.45) is 0 Å². The summed E-state index contributed by atoms with van der Waals surface area (Å²) in [6.45, 7) is 4.34. The Labute approximate surface area is 189 Å². The van der Waals surface area contributed by atoms with Crippen LogP contribution in [0, 0.1) is 0 Å². The number of ether oxygens (including phenoxy) is 5. The summed E-state index contributed by atoms with van der Waals surface area (Å²) in [6.07, 6.45) is -3.58. The van der Waals surface area contributed by atoms with Crippen molar-refractivity contribution in [3.63, 3.8) is 0 Å². The highest BCUT2D eigenvalue weighted by Crippen LogP contribution is 2.34. The van der Waals surface area contributed by atoms with Gasteiger partial charge in [0.05, 0.1) is 7.11 Å². The monoisotopic (exact) mass is 469 g/mol. The quantitative estimate of drug-likeness (QED) is 0.372. The molecule has 0 saturated carbocycles. The fourth-order valence-corrected chi connectivity index (χ4v) is 3.46. The van der Waals surface area contributed by atoms with Crippen LogP contribution in [0.1, 0.15) is 33.9 Å². The molecule has 5 unspecified atom stereocenters. The van der Waals surface area contributed by atoms with Gasteiger partial charge < -0.3 is 28.6 Å². The summed E-state index contributed by atoms with van der Waals surface area (Å²) in [7, 11) is 2.75. The lowest BCUT2D eigenvalue weighted by Gasteiger charge is -2.48. The number of carbonyl (C=O) groups is 4. The minimum atomic E-state index is -1.27. The zero-order valence-corrected chi connectivity index (χ0v) is 19.2. The molecule has 1 aliphatic rings. The van der Waals surface area contributed by atoms with Crippen LogP contribution in [0.4, 0.5) is 0 Å². The van der Waals surface area contributed by atoms with E-state index in [1.54, 1.807) is 0 Å². The topological polar surface area (TPSA) is 153 Å². The maximum atomic E-state index is 12.7. The highest BCUT2D eigenvalue weighted by atomic mass is 16.6. The van der Waals surface area contributed by atoms with E-state index in [-0.39, 0.29) is 12.5 Å². The molecule has 13 heteroatoms. The minimum absolute atomic E-state index is 0.0503. The molecule has 0 aromatic carbocycles. The lowest BCUT2D eigenvalue weighted by molar-refractivity contribution is -0.249. The van der Waals surface area contributed by atoms with Gasteiger partial charge in [-0.05, 0) is 0 Å². The molecule has 0 bridgehead atoms. The van der Waals surface area contributed by atoms with E-state index in [1.807, 2.05) is 0 Å². The average Bonchev–Trinajstić information content (AvgIpc) is 2.72. The Balaban J connectivity index is 2.66. The van der Waals surface area contributed by atoms with E-state index in [4.69, 9.17) is 23.7 Å². The molecule has 0 N–H and O–H groups in total. The standard InChI is InChI=1S/C20H27N3O10/c1-10(24)22(5)16-18(32-13(4)27)17(31-12(3)26)14(9-30-11(2)25)33-19(16)23-8-7-15(29-6)21-20(23)28/h7-8,14,16-19H,9H2,1-6H3. The molecule has 2 heterocycles. The zero-order chi connectivity index (χ0) is 24.9. The predicted molar refractivity (Wildman–Crippen MR) is 109 cm³/mol. The van der Waals surface area contributed by atoms with Gasteiger partial charge in [-0.25, -0.2) is 4.79 Å². The van der Waals surface area contributed by atoms with E-state index < -0.39 is 60.1 Å². The number of rotatable bonds is 7. The lowest BCUT2D eigenvalue weighted by Crippen LogP contribution is -2.65. The van der Waals surface area contributed by atoms with Gasteiger partial charge in [-0.1, -0.05) is 0 Å². The zero-order valence-electron chi connectivity index (χ0n) is 19.2. The third-order valence-electron chi connectivity index (χ3n) is 4.92. The van der Waals surface area contributed by atoms with Crippen molar-refractivity contribution in [1.29, 1.82) is 0 Å². The second-order valence-electron chi connectivity index (χ2n) is 7.30. The van der Waals surface area contributed by atoms with Crippen molar-refractivity contribution in [1.82, 2.24) is 14.5 Å². The summed E-state index contributed by atoms with van der Waals surface area (Å²) in [5.74, 6) is -2.48. The molecule has 0 aliphatic carbocycles. The Morgan fingerprint density at radius 1 is 1.06 bits per heavy atom. The van der Waals surface area contributed by atoms with E-state index >= 15 is 0 Å². The number of esters is 3. The van der Waals surface area contributed by atoms with Gasteiger partial charge in [-0.2, -0.15) is 4.98 Å². The van der Waals surface area contributed by atoms with Gasteiger partial charge in [0, 0.05) is 47.0 Å². The van der Waals surface area contributed by atoms with Crippen molar-refractivity contribution in [2.45, 2.75) is 58.3 Å². The third kappa shape index (κ3) is 6.28. The number of likely N-dealkylation sites (N-methyl/N-ethyl adjacent to an activating group) is 1. The summed E-state index contributed by atoms with van der Waals surface area (Å²) in [5.41, 5.74) is -0.778. The van der Waals surface area contributed by atoms with Crippen LogP contribution in [-0.4, -0.2) is 83.4 Å². The van der Waals surface area contributed by atoms with E-state index in [0.29, 0.717) is 0 Å². The molecule has 13 nitrogen and oxygen atoms in total. The highest BCUT2D eigenvalue weighted by Gasteiger charge is 2.53. The first kappa shape index (κ1) is 25.8. The highest BCUT2D eigenvalue weighted by molar-refractivity contribution is 5.73. The first-order valence-electron chi connectivity index (χ1n) is 9.96. The Morgan fingerprint density at radius 3 is 2.15 bits per heavy atom. The fraction of sp³-hybridized carbons (Fsp3) is 0.600. The first-order valence-corrected chi connectivity index (χ1v) is 9.96. The molecule has 1 fully saturated rings. The fourth-order valence-electron chi connectivity index (χ4n) is 3.46. The second kappa shape index (κ2) is 10.9. The minimum Gasteiger partial charge on any atom is -0.481 e. The maximum absolute atomic E-state index is 12.7. The maximum Gasteiger partial charge on any atom is 0.353 e. The Bertz CT molecular complexity index is 962. The summed E-state index contributed by atoms with van der Waals surface area (Å²) >= 11 is 0. The summed E-state index contributed by atoms with van der Waals surface area (Å²) in [5, 5.41) is 0. The van der Waals surface area contributed by atoms with Gasteiger partial charge in [0.1, 0.15) is 18.8 Å². The normalized spacial score (nSPS) is 24.4. The van der Waals surface area contributed by atoms with Gasteiger partial charge in [-0.3, -0.25) is 23.7 Å². The van der Waals surface area contributed by atoms with E-state index in [2.05, 4.69) is 4.98 Å². The molecule has 5 atom stereocenters. The summed E-state index contributed by atoms with van der Waals surface area (Å²) < 4.78 is 27.9. The Hall–Kier alpha value is -3.48. The number of hydrogen-bond donors (Lipinski definition) is 0. The van der Waals surface area contributed by atoms with E-state index in [0.717, 1.165) is 18.4 Å². The van der Waals surface area contributed by atoms with Crippen LogP contribution < -0.4 is 10.4 Å². The largest absolute Gasteiger partial charge is 0.481 e. The molecule has 2 rings (SSSR count). The summed E-state index contributed by atoms with van der Waals surface area (Å²) in [6, 6.07) is 0.285. The molecule has 1 aromatic rings. The molecular weight excluding hydrogens is 442 g/mol. The average molecular weight is 469 g/mol. The second-order valence-corrected chi connectivity index (χ2v) is 7.30. The smallest absolute Gasteiger partial charge is 0.353 e. The molecule has 1 aromatic heterocycles. The molecule has 1 amide bonds. The van der Waals surface area contributed by atoms with Crippen LogP contribution in [0.3, 0.4) is 0 Å². The van der Waals surface area contributed by atoms with Crippen molar-refractivity contribution in [2.75, 3.05) is 20.8 Å². The van der Waals surface area contributed by atoms with Crippen molar-refractivity contribution >= 4 is 23.8 Å². The lowest BCUT2D eigenvalue weighted by atomic mass is 9.94. The van der Waals surface area contributed by atoms with Crippen LogP contribution in [0.5, 0.6) is 5.88 Å². The number of methoxy groups -OCH3 is 1. The number of nitrogens with zero attached hydrogens (tertiary/aromatic N) is 3. The molecule has 0 radical (unpaired) electrons. The van der Waals surface area contributed by atoms with Gasteiger partial charge in [0.2, 0.25) is 11.8 Å². The van der Waals surface area contributed by atoms with Crippen LogP contribution in [0.25, 0.3) is 0 Å². The molecule has 1 aliphatic heterocycles. The van der Waals surface area contributed by atoms with Gasteiger partial charge in [0.25, 0.3) is 0 Å². The van der Waals surface area contributed by atoms with Gasteiger partial charge >= 0.3 is 23.6 Å². The Kier molecular flexibility index (Phi) is 8.51. The molecule has 33 heavy (non-hydrogen) atoms. The number of aromatic nitrogens is 2. The summed E-state index contributed by atoms with van der Waals surface area (Å²) in [4.78, 5) is 65.2. The molecule has 182 valence electrons. The number of amides is 1. The first-order chi connectivity index (χ1) is 15.5. The SMILES string of the molecule is COc1ccn(C2OC(COC(C)=O)C(OC(C)=O)C(OC(C)=O)C2N(C)C(C)=O)c(=O)n1. The van der Waals surface area contributed by atoms with Gasteiger partial charge in [0.15, 0.2) is 18.4 Å². The van der Waals surface area contributed by atoms with Crippen molar-refractivity contribution < 1.29 is 42.9 Å². The van der Waals surface area contributed by atoms with Crippen LogP contribution in [0.15, 0.2) is 17.1 Å². The Morgan fingerprint density at radius 2 is 1.67 bits per heavy atom. The van der Waals surface area contributed by atoms with Crippen LogP contribution in [-0.2, 0) is 38.1 Å². The molecular formula is C20H27N3O10. The van der Waals surface area contributed by atoms with E-state index in [1.165, 1.54) is 45.2 Å². The van der Waals surface area contributed by atoms with Crippen molar-refractivity contribution in [3.8, 4) is 5.88 Å². The van der Waals surface area contributed by atoms with E-state index in [9.17, 15) is 24.0 Å². The van der Waals surface area contributed by atoms with Crippen molar-refractivity contribution in [3.05, 3.63) is 22.7 Å².